The Bertz CT molecular complexity index is 1430. The Morgan fingerprint density at radius 2 is 1.86 bits per heavy atom. The van der Waals surface area contributed by atoms with Gasteiger partial charge in [-0.1, -0.05) is 0 Å². The Labute approximate surface area is 193 Å². The van der Waals surface area contributed by atoms with Gasteiger partial charge >= 0.3 is 12.3 Å². The summed E-state index contributed by atoms with van der Waals surface area (Å²) in [6, 6.07) is 6.04. The quantitative estimate of drug-likeness (QED) is 0.482. The largest absolute Gasteiger partial charge is 0.449 e. The van der Waals surface area contributed by atoms with Gasteiger partial charge in [-0.3, -0.25) is 14.2 Å². The van der Waals surface area contributed by atoms with Gasteiger partial charge in [0.1, 0.15) is 5.75 Å². The number of aromatic amines is 1. The van der Waals surface area contributed by atoms with Crippen LogP contribution in [-0.4, -0.2) is 21.0 Å². The van der Waals surface area contributed by atoms with Crippen molar-refractivity contribution < 1.29 is 31.1 Å². The molecule has 0 unspecified atom stereocenters. The molecule has 2 aromatic heterocycles. The molecule has 0 aliphatic rings. The number of halogens is 6. The molecule has 0 fully saturated rings. The number of hydrogen-bond acceptors (Lipinski definition) is 5. The summed E-state index contributed by atoms with van der Waals surface area (Å²) in [6.45, 7) is 2.34. The Morgan fingerprint density at radius 3 is 2.43 bits per heavy atom. The first-order valence-electron chi connectivity index (χ1n) is 9.82. The fourth-order valence-corrected chi connectivity index (χ4v) is 3.09. The van der Waals surface area contributed by atoms with Crippen LogP contribution in [0.25, 0.3) is 0 Å². The van der Waals surface area contributed by atoms with E-state index in [0.29, 0.717) is 22.7 Å². The van der Waals surface area contributed by atoms with Gasteiger partial charge in [-0.15, -0.1) is 0 Å². The maximum Gasteiger partial charge on any atom is 0.352 e. The van der Waals surface area contributed by atoms with Crippen LogP contribution in [0.5, 0.6) is 11.5 Å². The van der Waals surface area contributed by atoms with E-state index in [2.05, 4.69) is 9.97 Å². The minimum atomic E-state index is -4.94. The molecule has 0 saturated carbocycles. The number of nitrogens with one attached hydrogen (secondary N) is 1. The predicted molar refractivity (Wildman–Crippen MR) is 110 cm³/mol. The van der Waals surface area contributed by atoms with Crippen molar-refractivity contribution in [3.8, 4) is 17.6 Å². The third-order valence-corrected chi connectivity index (χ3v) is 5.03. The molecule has 0 radical (unpaired) electrons. The molecule has 0 atom stereocenters. The lowest BCUT2D eigenvalue weighted by atomic mass is 10.0. The first-order valence-corrected chi connectivity index (χ1v) is 9.82. The number of nitriles is 1. The van der Waals surface area contributed by atoms with Gasteiger partial charge in [0, 0.05) is 22.4 Å². The van der Waals surface area contributed by atoms with E-state index in [1.54, 1.807) is 13.0 Å². The summed E-state index contributed by atoms with van der Waals surface area (Å²) in [6.07, 6.45) is -6.83. The molecular weight excluding hydrogens is 482 g/mol. The van der Waals surface area contributed by atoms with E-state index in [0.717, 1.165) is 6.07 Å². The average Bonchev–Trinajstić information content (AvgIpc) is 2.78. The fourth-order valence-electron chi connectivity index (χ4n) is 3.09. The van der Waals surface area contributed by atoms with Gasteiger partial charge in [-0.25, -0.2) is 22.5 Å². The number of rotatable bonds is 7. The van der Waals surface area contributed by atoms with Crippen LogP contribution in [0.2, 0.25) is 0 Å². The van der Waals surface area contributed by atoms with Crippen molar-refractivity contribution in [2.24, 2.45) is 0 Å². The summed E-state index contributed by atoms with van der Waals surface area (Å²) < 4.78 is 87.2. The van der Waals surface area contributed by atoms with Crippen LogP contribution in [-0.2, 0) is 12.5 Å². The average molecular weight is 498 g/mol. The molecular formula is C22H16F6N4O3. The summed E-state index contributed by atoms with van der Waals surface area (Å²) in [5.74, 6) is -6.91. The predicted octanol–water partition coefficient (Wildman–Crippen LogP) is 4.56. The molecule has 13 heteroatoms. The second kappa shape index (κ2) is 9.65. The zero-order valence-corrected chi connectivity index (χ0v) is 18.1. The van der Waals surface area contributed by atoms with Gasteiger partial charge in [-0.05, 0) is 38.1 Å². The fraction of sp³-hybridized carbons (Fsp3) is 0.273. The lowest BCUT2D eigenvalue weighted by molar-refractivity contribution is -0.139. The molecule has 184 valence electrons. The topological polar surface area (TPSA) is 101 Å². The van der Waals surface area contributed by atoms with E-state index in [9.17, 15) is 41.2 Å². The van der Waals surface area contributed by atoms with E-state index in [1.165, 1.54) is 19.1 Å². The van der Waals surface area contributed by atoms with Gasteiger partial charge in [0.25, 0.3) is 17.5 Å². The third kappa shape index (κ3) is 5.06. The molecule has 0 spiro atoms. The van der Waals surface area contributed by atoms with Crippen molar-refractivity contribution in [1.82, 2.24) is 14.5 Å². The zero-order chi connectivity index (χ0) is 26.1. The summed E-state index contributed by atoms with van der Waals surface area (Å²) in [7, 11) is 0. The van der Waals surface area contributed by atoms with E-state index in [4.69, 9.17) is 4.74 Å². The molecule has 3 rings (SSSR count). The first-order chi connectivity index (χ1) is 16.4. The molecule has 7 nitrogen and oxygen atoms in total. The van der Waals surface area contributed by atoms with Crippen molar-refractivity contribution in [3.63, 3.8) is 0 Å². The monoisotopic (exact) mass is 498 g/mol. The number of alkyl halides is 6. The number of pyridine rings is 1. The van der Waals surface area contributed by atoms with Crippen LogP contribution in [0, 0.1) is 25.2 Å². The van der Waals surface area contributed by atoms with Crippen LogP contribution in [0.3, 0.4) is 0 Å². The molecule has 0 aliphatic carbocycles. The normalized spacial score (nSPS) is 11.7. The standard InChI is InChI=1S/C22H16F6N4O3/c1-10-3-4-12(19(33)31-10)8-32-9-30-17(22(27,28)21(25)26)16(20(32)34)35-15-6-13(18(23)24)5-14(7-29)11(15)2/h3-6,9,18,21H,8H2,1-2H3,(H,31,33). The summed E-state index contributed by atoms with van der Waals surface area (Å²) in [5.41, 5.74) is -4.32. The van der Waals surface area contributed by atoms with Crippen molar-refractivity contribution in [2.45, 2.75) is 39.2 Å². The second-order valence-electron chi connectivity index (χ2n) is 7.48. The highest BCUT2D eigenvalue weighted by Gasteiger charge is 2.48. The smallest absolute Gasteiger partial charge is 0.352 e. The van der Waals surface area contributed by atoms with Gasteiger partial charge in [-0.2, -0.15) is 14.0 Å². The maximum absolute atomic E-state index is 14.3. The molecule has 0 aliphatic heterocycles. The molecule has 1 N–H and O–H groups in total. The Hall–Kier alpha value is -4.08. The highest BCUT2D eigenvalue weighted by molar-refractivity contribution is 5.51. The number of H-pyrrole nitrogens is 1. The summed E-state index contributed by atoms with van der Waals surface area (Å²) >= 11 is 0. The van der Waals surface area contributed by atoms with Crippen molar-refractivity contribution >= 4 is 0 Å². The van der Waals surface area contributed by atoms with Crippen molar-refractivity contribution in [1.29, 1.82) is 5.26 Å². The first kappa shape index (κ1) is 25.5. The highest BCUT2D eigenvalue weighted by Crippen LogP contribution is 2.39. The third-order valence-electron chi connectivity index (χ3n) is 5.03. The molecule has 0 bridgehead atoms. The van der Waals surface area contributed by atoms with Crippen LogP contribution in [0.4, 0.5) is 26.3 Å². The molecule has 2 heterocycles. The number of hydrogen-bond donors (Lipinski definition) is 1. The SMILES string of the molecule is Cc1ccc(Cn2cnc(C(F)(F)C(F)F)c(Oc3cc(C(F)F)cc(C#N)c3C)c2=O)c(=O)[nH]1. The molecule has 35 heavy (non-hydrogen) atoms. The Morgan fingerprint density at radius 1 is 1.17 bits per heavy atom. The van der Waals surface area contributed by atoms with Gasteiger partial charge < -0.3 is 9.72 Å². The summed E-state index contributed by atoms with van der Waals surface area (Å²) in [4.78, 5) is 30.9. The minimum Gasteiger partial charge on any atom is -0.449 e. The van der Waals surface area contributed by atoms with Crippen LogP contribution >= 0.6 is 0 Å². The van der Waals surface area contributed by atoms with E-state index in [1.807, 2.05) is 0 Å². The zero-order valence-electron chi connectivity index (χ0n) is 18.1. The molecule has 0 amide bonds. The highest BCUT2D eigenvalue weighted by atomic mass is 19.3. The number of aromatic nitrogens is 3. The number of ether oxygens (including phenoxy) is 1. The Kier molecular flexibility index (Phi) is 7.04. The van der Waals surface area contributed by atoms with Crippen LogP contribution < -0.4 is 15.9 Å². The lowest BCUT2D eigenvalue weighted by Gasteiger charge is -2.20. The van der Waals surface area contributed by atoms with E-state index in [-0.39, 0.29) is 16.7 Å². The van der Waals surface area contributed by atoms with Gasteiger partial charge in [0.15, 0.2) is 5.69 Å². The second-order valence-corrected chi connectivity index (χ2v) is 7.48. The number of nitrogens with zero attached hydrogens (tertiary/aromatic N) is 3. The number of aryl methyl sites for hydroxylation is 1. The van der Waals surface area contributed by atoms with Gasteiger partial charge in [0.05, 0.1) is 24.5 Å². The van der Waals surface area contributed by atoms with Crippen LogP contribution in [0.15, 0.2) is 40.2 Å². The minimum absolute atomic E-state index is 0.0152. The lowest BCUT2D eigenvalue weighted by Crippen LogP contribution is -2.32. The number of benzene rings is 1. The molecule has 3 aromatic rings. The van der Waals surface area contributed by atoms with Gasteiger partial charge in [0.2, 0.25) is 5.75 Å². The van der Waals surface area contributed by atoms with Crippen molar-refractivity contribution in [3.05, 3.63) is 84.9 Å². The Balaban J connectivity index is 2.22. The van der Waals surface area contributed by atoms with E-state index >= 15 is 0 Å². The molecule has 1 aromatic carbocycles. The summed E-state index contributed by atoms with van der Waals surface area (Å²) in [5, 5.41) is 9.20. The molecule has 0 saturated heterocycles. The maximum atomic E-state index is 14.3. The van der Waals surface area contributed by atoms with E-state index < -0.39 is 59.2 Å². The van der Waals surface area contributed by atoms with Crippen LogP contribution in [0.1, 0.15) is 40.1 Å². The van der Waals surface area contributed by atoms with Crippen molar-refractivity contribution in [2.75, 3.05) is 0 Å².